The third kappa shape index (κ3) is 3.30. The summed E-state index contributed by atoms with van der Waals surface area (Å²) in [6, 6.07) is 8.87. The predicted octanol–water partition coefficient (Wildman–Crippen LogP) is 3.01. The van der Waals surface area contributed by atoms with Gasteiger partial charge in [0.15, 0.2) is 0 Å². The van der Waals surface area contributed by atoms with Crippen LogP contribution in [0.3, 0.4) is 0 Å². The number of benzene rings is 1. The van der Waals surface area contributed by atoms with Crippen LogP contribution in [0.2, 0.25) is 0 Å². The lowest BCUT2D eigenvalue weighted by molar-refractivity contribution is 0.145. The van der Waals surface area contributed by atoms with Gasteiger partial charge in [0.2, 0.25) is 0 Å². The normalized spacial score (nSPS) is 26.1. The maximum Gasteiger partial charge on any atom is 0.0245 e. The van der Waals surface area contributed by atoms with Crippen LogP contribution in [-0.2, 0) is 6.54 Å². The number of piperidine rings is 1. The molecule has 2 N–H and O–H groups in total. The van der Waals surface area contributed by atoms with E-state index < -0.39 is 0 Å². The lowest BCUT2D eigenvalue weighted by atomic mass is 9.90. The van der Waals surface area contributed by atoms with Gasteiger partial charge in [-0.1, -0.05) is 47.5 Å². The minimum atomic E-state index is 0.399. The summed E-state index contributed by atoms with van der Waals surface area (Å²) in [7, 11) is 0. The van der Waals surface area contributed by atoms with Crippen LogP contribution < -0.4 is 5.73 Å². The summed E-state index contributed by atoms with van der Waals surface area (Å²) in [5, 5.41) is 0. The van der Waals surface area contributed by atoms with Crippen LogP contribution in [-0.4, -0.2) is 24.0 Å². The van der Waals surface area contributed by atoms with E-state index >= 15 is 0 Å². The van der Waals surface area contributed by atoms with E-state index in [4.69, 9.17) is 5.73 Å². The first-order valence-corrected chi connectivity index (χ1v) is 7.21. The van der Waals surface area contributed by atoms with Crippen molar-refractivity contribution in [2.75, 3.05) is 13.1 Å². The fourth-order valence-corrected chi connectivity index (χ4v) is 2.98. The van der Waals surface area contributed by atoms with Crippen LogP contribution in [0, 0.1) is 5.92 Å². The van der Waals surface area contributed by atoms with Crippen molar-refractivity contribution in [2.24, 2.45) is 11.7 Å². The zero-order chi connectivity index (χ0) is 12.3. The molecule has 94 valence electrons. The molecule has 0 radical (unpaired) electrons. The summed E-state index contributed by atoms with van der Waals surface area (Å²) in [5.41, 5.74) is 7.51. The molecule has 1 aromatic carbocycles. The second kappa shape index (κ2) is 5.98. The molecule has 0 saturated carbocycles. The Balaban J connectivity index is 1.98. The highest BCUT2D eigenvalue weighted by atomic mass is 79.9. The first-order valence-electron chi connectivity index (χ1n) is 6.42. The average molecular weight is 297 g/mol. The van der Waals surface area contributed by atoms with Gasteiger partial charge in [-0.2, -0.15) is 0 Å². The van der Waals surface area contributed by atoms with Gasteiger partial charge in [-0.05, 0) is 30.5 Å². The molecule has 2 rings (SSSR count). The lowest BCUT2D eigenvalue weighted by Crippen LogP contribution is -2.46. The molecule has 2 atom stereocenters. The van der Waals surface area contributed by atoms with E-state index in [1.165, 1.54) is 16.5 Å². The summed E-state index contributed by atoms with van der Waals surface area (Å²) in [6.07, 6.45) is 2.32. The summed E-state index contributed by atoms with van der Waals surface area (Å²) >= 11 is 3.62. The van der Waals surface area contributed by atoms with Gasteiger partial charge in [0.1, 0.15) is 0 Å². The minimum absolute atomic E-state index is 0.399. The molecule has 0 amide bonds. The van der Waals surface area contributed by atoms with Crippen LogP contribution in [0.5, 0.6) is 0 Å². The quantitative estimate of drug-likeness (QED) is 0.929. The van der Waals surface area contributed by atoms with Crippen LogP contribution in [0.4, 0.5) is 0 Å². The predicted molar refractivity (Wildman–Crippen MR) is 75.8 cm³/mol. The monoisotopic (exact) mass is 296 g/mol. The van der Waals surface area contributed by atoms with Crippen LogP contribution in [0.25, 0.3) is 0 Å². The van der Waals surface area contributed by atoms with Crippen LogP contribution in [0.15, 0.2) is 28.7 Å². The van der Waals surface area contributed by atoms with Gasteiger partial charge < -0.3 is 5.73 Å². The van der Waals surface area contributed by atoms with Gasteiger partial charge in [-0.25, -0.2) is 0 Å². The largest absolute Gasteiger partial charge is 0.327 e. The summed E-state index contributed by atoms with van der Waals surface area (Å²) < 4.78 is 1.21. The second-order valence-corrected chi connectivity index (χ2v) is 5.80. The Hall–Kier alpha value is -0.380. The third-order valence-electron chi connectivity index (χ3n) is 3.75. The number of nitrogens with zero attached hydrogens (tertiary/aromatic N) is 1. The summed E-state index contributed by atoms with van der Waals surface area (Å²) in [5.74, 6) is 0.659. The van der Waals surface area contributed by atoms with E-state index in [9.17, 15) is 0 Å². The molecule has 1 aromatic rings. The molecule has 2 nitrogen and oxygen atoms in total. The highest BCUT2D eigenvalue weighted by Crippen LogP contribution is 2.23. The smallest absolute Gasteiger partial charge is 0.0245 e. The topological polar surface area (TPSA) is 29.3 Å². The molecule has 0 aliphatic carbocycles. The van der Waals surface area contributed by atoms with Crippen LogP contribution >= 0.6 is 15.9 Å². The van der Waals surface area contributed by atoms with Gasteiger partial charge in [0, 0.05) is 23.6 Å². The molecular formula is C14H21BrN2. The number of rotatable bonds is 3. The Morgan fingerprint density at radius 3 is 2.88 bits per heavy atom. The Bertz CT molecular complexity index is 367. The van der Waals surface area contributed by atoms with Crippen molar-refractivity contribution in [1.29, 1.82) is 0 Å². The van der Waals surface area contributed by atoms with E-state index in [0.717, 1.165) is 26.1 Å². The molecule has 2 unspecified atom stereocenters. The molecule has 0 spiro atoms. The highest BCUT2D eigenvalue weighted by Gasteiger charge is 2.25. The molecule has 1 heterocycles. The Kier molecular flexibility index (Phi) is 4.60. The third-order valence-corrected chi connectivity index (χ3v) is 4.53. The molecule has 0 aromatic heterocycles. The lowest BCUT2D eigenvalue weighted by Gasteiger charge is -2.36. The summed E-state index contributed by atoms with van der Waals surface area (Å²) in [4.78, 5) is 2.53. The fraction of sp³-hybridized carbons (Fsp3) is 0.571. The molecule has 1 aliphatic rings. The average Bonchev–Trinajstić information content (AvgIpc) is 2.34. The molecule has 0 bridgehead atoms. The number of hydrogen-bond acceptors (Lipinski definition) is 2. The molecule has 3 heteroatoms. The van der Waals surface area contributed by atoms with E-state index in [1.807, 2.05) is 0 Å². The number of nitrogens with two attached hydrogens (primary N) is 1. The van der Waals surface area contributed by atoms with Crippen molar-refractivity contribution in [3.63, 3.8) is 0 Å². The molecule has 1 aliphatic heterocycles. The molecule has 1 saturated heterocycles. The second-order valence-electron chi connectivity index (χ2n) is 4.95. The van der Waals surface area contributed by atoms with Crippen molar-refractivity contribution >= 4 is 15.9 Å². The van der Waals surface area contributed by atoms with E-state index in [1.54, 1.807) is 0 Å². The molecular weight excluding hydrogens is 276 g/mol. The SMILES string of the molecule is CCC1CN(Cc2ccccc2Br)CCC1N. The van der Waals surface area contributed by atoms with Gasteiger partial charge in [-0.15, -0.1) is 0 Å². The Labute approximate surface area is 112 Å². The van der Waals surface area contributed by atoms with Gasteiger partial charge in [0.05, 0.1) is 0 Å². The minimum Gasteiger partial charge on any atom is -0.327 e. The highest BCUT2D eigenvalue weighted by molar-refractivity contribution is 9.10. The van der Waals surface area contributed by atoms with Crippen molar-refractivity contribution < 1.29 is 0 Å². The maximum absolute atomic E-state index is 6.14. The number of hydrogen-bond donors (Lipinski definition) is 1. The Morgan fingerprint density at radius 2 is 2.18 bits per heavy atom. The van der Waals surface area contributed by atoms with E-state index in [0.29, 0.717) is 12.0 Å². The fourth-order valence-electron chi connectivity index (χ4n) is 2.57. The summed E-state index contributed by atoms with van der Waals surface area (Å²) in [6.45, 7) is 5.54. The number of likely N-dealkylation sites (tertiary alicyclic amines) is 1. The van der Waals surface area contributed by atoms with E-state index in [2.05, 4.69) is 52.0 Å². The molecule has 1 fully saturated rings. The van der Waals surface area contributed by atoms with Crippen LogP contribution in [0.1, 0.15) is 25.3 Å². The van der Waals surface area contributed by atoms with Gasteiger partial charge in [0.25, 0.3) is 0 Å². The van der Waals surface area contributed by atoms with E-state index in [-0.39, 0.29) is 0 Å². The zero-order valence-electron chi connectivity index (χ0n) is 10.4. The molecule has 17 heavy (non-hydrogen) atoms. The first kappa shape index (κ1) is 13.1. The van der Waals surface area contributed by atoms with Crippen molar-refractivity contribution in [3.05, 3.63) is 34.3 Å². The van der Waals surface area contributed by atoms with Gasteiger partial charge in [-0.3, -0.25) is 4.90 Å². The first-order chi connectivity index (χ1) is 8.20. The van der Waals surface area contributed by atoms with Gasteiger partial charge >= 0.3 is 0 Å². The van der Waals surface area contributed by atoms with Crippen molar-refractivity contribution in [1.82, 2.24) is 4.90 Å². The zero-order valence-corrected chi connectivity index (χ0v) is 12.0. The maximum atomic E-state index is 6.14. The number of halogens is 1. The van der Waals surface area contributed by atoms with Crippen molar-refractivity contribution in [3.8, 4) is 0 Å². The van der Waals surface area contributed by atoms with Crippen molar-refractivity contribution in [2.45, 2.75) is 32.4 Å². The standard InChI is InChI=1S/C14H21BrN2/c1-2-11-9-17(8-7-14(11)16)10-12-5-3-4-6-13(12)15/h3-6,11,14H,2,7-10,16H2,1H3. The Morgan fingerprint density at radius 1 is 1.41 bits per heavy atom.